The normalized spacial score (nSPS) is 11.9. The van der Waals surface area contributed by atoms with E-state index < -0.39 is 0 Å². The second-order valence-corrected chi connectivity index (χ2v) is 3.94. The van der Waals surface area contributed by atoms with Crippen molar-refractivity contribution in [2.75, 3.05) is 17.2 Å². The van der Waals surface area contributed by atoms with Gasteiger partial charge in [0.25, 0.3) is 0 Å². The average Bonchev–Trinajstić information content (AvgIpc) is 2.40. The van der Waals surface area contributed by atoms with Gasteiger partial charge in [-0.25, -0.2) is 9.97 Å². The van der Waals surface area contributed by atoms with E-state index in [0.29, 0.717) is 12.4 Å². The minimum Gasteiger partial charge on any atom is -0.366 e. The zero-order valence-corrected chi connectivity index (χ0v) is 10.2. The molecule has 2 rings (SSSR count). The lowest BCUT2D eigenvalue weighted by molar-refractivity contribution is 0.797. The number of rotatable bonds is 5. The highest BCUT2D eigenvalue weighted by molar-refractivity contribution is 5.57. The molecule has 0 aromatic carbocycles. The lowest BCUT2D eigenvalue weighted by atomic mass is 10.3. The topological polar surface area (TPSA) is 88.8 Å². The van der Waals surface area contributed by atoms with Gasteiger partial charge in [0.2, 0.25) is 0 Å². The van der Waals surface area contributed by atoms with Crippen molar-refractivity contribution in [3.8, 4) is 0 Å². The summed E-state index contributed by atoms with van der Waals surface area (Å²) in [6.45, 7) is 2.55. The van der Waals surface area contributed by atoms with Crippen molar-refractivity contribution < 1.29 is 0 Å². The van der Waals surface area contributed by atoms with Crippen LogP contribution in [-0.2, 0) is 0 Å². The van der Waals surface area contributed by atoms with E-state index in [9.17, 15) is 0 Å². The third-order valence-electron chi connectivity index (χ3n) is 2.35. The molecule has 0 aliphatic carbocycles. The van der Waals surface area contributed by atoms with Crippen LogP contribution in [0.25, 0.3) is 0 Å². The van der Waals surface area contributed by atoms with E-state index in [4.69, 9.17) is 5.73 Å². The second kappa shape index (κ2) is 5.92. The summed E-state index contributed by atoms with van der Waals surface area (Å²) in [6, 6.07) is 5.79. The van der Waals surface area contributed by atoms with E-state index in [1.165, 1.54) is 6.33 Å². The summed E-state index contributed by atoms with van der Waals surface area (Å²) < 4.78 is 0. The fraction of sp³-hybridized carbons (Fsp3) is 0.250. The van der Waals surface area contributed by atoms with Gasteiger partial charge >= 0.3 is 0 Å². The highest BCUT2D eigenvalue weighted by atomic mass is 15.1. The van der Waals surface area contributed by atoms with Crippen LogP contribution in [0.3, 0.4) is 0 Å². The first kappa shape index (κ1) is 12.3. The predicted octanol–water partition coefficient (Wildman–Crippen LogP) is 1.37. The van der Waals surface area contributed by atoms with Crippen molar-refractivity contribution in [3.05, 3.63) is 36.9 Å². The fourth-order valence-corrected chi connectivity index (χ4v) is 1.40. The highest BCUT2D eigenvalue weighted by Crippen LogP contribution is 2.15. The van der Waals surface area contributed by atoms with Gasteiger partial charge in [0.15, 0.2) is 0 Å². The molecule has 94 valence electrons. The van der Waals surface area contributed by atoms with Crippen molar-refractivity contribution in [1.82, 2.24) is 15.0 Å². The smallest absolute Gasteiger partial charge is 0.135 e. The Hall–Kier alpha value is -2.21. The zero-order chi connectivity index (χ0) is 12.8. The predicted molar refractivity (Wildman–Crippen MR) is 71.7 cm³/mol. The van der Waals surface area contributed by atoms with E-state index in [1.807, 2.05) is 25.1 Å². The molecule has 0 saturated heterocycles. The fourth-order valence-electron chi connectivity index (χ4n) is 1.40. The van der Waals surface area contributed by atoms with E-state index in [1.54, 1.807) is 12.4 Å². The molecule has 1 unspecified atom stereocenters. The molecule has 6 heteroatoms. The van der Waals surface area contributed by atoms with Gasteiger partial charge in [0, 0.05) is 24.8 Å². The Bertz CT molecular complexity index is 487. The number of aromatic nitrogens is 3. The summed E-state index contributed by atoms with van der Waals surface area (Å²) in [5.74, 6) is 1.46. The molecule has 0 bridgehead atoms. The van der Waals surface area contributed by atoms with Gasteiger partial charge in [-0.15, -0.1) is 0 Å². The van der Waals surface area contributed by atoms with Crippen molar-refractivity contribution in [3.63, 3.8) is 0 Å². The average molecular weight is 244 g/mol. The van der Waals surface area contributed by atoms with E-state index in [-0.39, 0.29) is 6.04 Å². The van der Waals surface area contributed by atoms with Crippen LogP contribution in [0.15, 0.2) is 36.9 Å². The standard InChI is InChI=1S/C12H16N6/c1-9(6-13)17-11-5-12(16-8-15-11)18-10-3-2-4-14-7-10/h2-5,7-9H,6,13H2,1H3,(H2,15,16,17,18). The van der Waals surface area contributed by atoms with E-state index in [2.05, 4.69) is 25.6 Å². The molecule has 0 aliphatic rings. The third-order valence-corrected chi connectivity index (χ3v) is 2.35. The minimum absolute atomic E-state index is 0.172. The number of anilines is 3. The number of hydrogen-bond acceptors (Lipinski definition) is 6. The van der Waals surface area contributed by atoms with Crippen LogP contribution in [0.5, 0.6) is 0 Å². The maximum Gasteiger partial charge on any atom is 0.135 e. The first-order chi connectivity index (χ1) is 8.78. The molecule has 2 aromatic heterocycles. The molecule has 0 spiro atoms. The molecule has 6 nitrogen and oxygen atoms in total. The first-order valence-electron chi connectivity index (χ1n) is 5.73. The van der Waals surface area contributed by atoms with Gasteiger partial charge in [-0.3, -0.25) is 4.98 Å². The van der Waals surface area contributed by atoms with Gasteiger partial charge < -0.3 is 16.4 Å². The maximum atomic E-state index is 5.55. The molecule has 1 atom stereocenters. The molecular weight excluding hydrogens is 228 g/mol. The molecular formula is C12H16N6. The Labute approximate surface area is 106 Å². The summed E-state index contributed by atoms with van der Waals surface area (Å²) in [5, 5.41) is 6.34. The lowest BCUT2D eigenvalue weighted by Gasteiger charge is -2.12. The maximum absolute atomic E-state index is 5.55. The molecule has 0 saturated carbocycles. The summed E-state index contributed by atoms with van der Waals surface area (Å²) in [5.41, 5.74) is 6.44. The van der Waals surface area contributed by atoms with Crippen LogP contribution in [0.4, 0.5) is 17.3 Å². The molecule has 2 heterocycles. The Morgan fingerprint density at radius 2 is 2.17 bits per heavy atom. The van der Waals surface area contributed by atoms with Crippen LogP contribution in [0.2, 0.25) is 0 Å². The van der Waals surface area contributed by atoms with Gasteiger partial charge in [-0.1, -0.05) is 0 Å². The largest absolute Gasteiger partial charge is 0.366 e. The summed E-state index contributed by atoms with van der Waals surface area (Å²) in [6.07, 6.45) is 4.96. The lowest BCUT2D eigenvalue weighted by Crippen LogP contribution is -2.25. The number of hydrogen-bond donors (Lipinski definition) is 3. The monoisotopic (exact) mass is 244 g/mol. The number of nitrogens with zero attached hydrogens (tertiary/aromatic N) is 3. The number of pyridine rings is 1. The molecule has 4 N–H and O–H groups in total. The Morgan fingerprint density at radius 3 is 2.89 bits per heavy atom. The summed E-state index contributed by atoms with van der Waals surface area (Å²) in [4.78, 5) is 12.3. The minimum atomic E-state index is 0.172. The van der Waals surface area contributed by atoms with Crippen molar-refractivity contribution in [2.45, 2.75) is 13.0 Å². The summed E-state index contributed by atoms with van der Waals surface area (Å²) >= 11 is 0. The van der Waals surface area contributed by atoms with Crippen molar-refractivity contribution in [2.24, 2.45) is 5.73 Å². The Kier molecular flexibility index (Phi) is 4.03. The van der Waals surface area contributed by atoms with Crippen LogP contribution < -0.4 is 16.4 Å². The van der Waals surface area contributed by atoms with E-state index >= 15 is 0 Å². The number of nitrogens with one attached hydrogen (secondary N) is 2. The second-order valence-electron chi connectivity index (χ2n) is 3.94. The van der Waals surface area contributed by atoms with Crippen LogP contribution >= 0.6 is 0 Å². The molecule has 0 fully saturated rings. The molecule has 18 heavy (non-hydrogen) atoms. The molecule has 0 amide bonds. The highest BCUT2D eigenvalue weighted by Gasteiger charge is 2.02. The van der Waals surface area contributed by atoms with Gasteiger partial charge in [0.1, 0.15) is 18.0 Å². The Morgan fingerprint density at radius 1 is 1.33 bits per heavy atom. The van der Waals surface area contributed by atoms with Crippen LogP contribution in [0.1, 0.15) is 6.92 Å². The van der Waals surface area contributed by atoms with E-state index in [0.717, 1.165) is 11.5 Å². The molecule has 2 aromatic rings. The SMILES string of the molecule is CC(CN)Nc1cc(Nc2cccnc2)ncn1. The van der Waals surface area contributed by atoms with Gasteiger partial charge in [0.05, 0.1) is 11.9 Å². The van der Waals surface area contributed by atoms with Gasteiger partial charge in [-0.2, -0.15) is 0 Å². The first-order valence-corrected chi connectivity index (χ1v) is 5.73. The van der Waals surface area contributed by atoms with Crippen molar-refractivity contribution in [1.29, 1.82) is 0 Å². The summed E-state index contributed by atoms with van der Waals surface area (Å²) in [7, 11) is 0. The zero-order valence-electron chi connectivity index (χ0n) is 10.2. The molecule has 0 aliphatic heterocycles. The third kappa shape index (κ3) is 3.39. The van der Waals surface area contributed by atoms with Gasteiger partial charge in [-0.05, 0) is 19.1 Å². The van der Waals surface area contributed by atoms with Crippen molar-refractivity contribution >= 4 is 17.3 Å². The Balaban J connectivity index is 2.08. The quantitative estimate of drug-likeness (QED) is 0.736. The number of nitrogens with two attached hydrogens (primary N) is 1. The molecule has 0 radical (unpaired) electrons. The van der Waals surface area contributed by atoms with Crippen LogP contribution in [-0.4, -0.2) is 27.5 Å². The van der Waals surface area contributed by atoms with Crippen LogP contribution in [0, 0.1) is 0 Å².